The lowest BCUT2D eigenvalue weighted by Crippen LogP contribution is -2.25. The van der Waals surface area contributed by atoms with Gasteiger partial charge in [-0.25, -0.2) is 8.78 Å². The van der Waals surface area contributed by atoms with E-state index in [-0.39, 0.29) is 6.54 Å². The van der Waals surface area contributed by atoms with E-state index in [2.05, 4.69) is 10.3 Å². The fourth-order valence-corrected chi connectivity index (χ4v) is 2.86. The first-order valence-corrected chi connectivity index (χ1v) is 7.80. The maximum absolute atomic E-state index is 13.6. The molecule has 2 heterocycles. The van der Waals surface area contributed by atoms with Crippen LogP contribution in [0.4, 0.5) is 8.78 Å². The molecule has 0 aliphatic heterocycles. The molecule has 3 nitrogen and oxygen atoms in total. The van der Waals surface area contributed by atoms with Crippen LogP contribution < -0.4 is 5.32 Å². The van der Waals surface area contributed by atoms with Gasteiger partial charge in [0.05, 0.1) is 5.69 Å². The van der Waals surface area contributed by atoms with Gasteiger partial charge in [-0.2, -0.15) is 11.3 Å². The van der Waals surface area contributed by atoms with Gasteiger partial charge < -0.3 is 5.32 Å². The zero-order valence-corrected chi connectivity index (χ0v) is 12.7. The molecule has 0 saturated carbocycles. The van der Waals surface area contributed by atoms with Gasteiger partial charge in [0.2, 0.25) is 0 Å². The van der Waals surface area contributed by atoms with E-state index in [0.29, 0.717) is 0 Å². The van der Waals surface area contributed by atoms with E-state index in [9.17, 15) is 13.6 Å². The number of hydrogen-bond acceptors (Lipinski definition) is 3. The molecule has 0 atom stereocenters. The van der Waals surface area contributed by atoms with Gasteiger partial charge in [0, 0.05) is 23.7 Å². The summed E-state index contributed by atoms with van der Waals surface area (Å²) in [6, 6.07) is 8.82. The Morgan fingerprint density at radius 3 is 2.61 bits per heavy atom. The maximum atomic E-state index is 13.6. The average Bonchev–Trinajstić information content (AvgIpc) is 3.07. The molecule has 1 aromatic carbocycles. The van der Waals surface area contributed by atoms with Gasteiger partial charge in [0.25, 0.3) is 5.91 Å². The third kappa shape index (κ3) is 3.27. The Morgan fingerprint density at radius 1 is 1.13 bits per heavy atom. The molecule has 0 aliphatic carbocycles. The number of nitrogens with one attached hydrogen (secondary N) is 1. The van der Waals surface area contributed by atoms with Crippen LogP contribution >= 0.6 is 11.3 Å². The molecule has 0 bridgehead atoms. The summed E-state index contributed by atoms with van der Waals surface area (Å²) < 4.78 is 27.2. The minimum absolute atomic E-state index is 0.131. The third-order valence-electron chi connectivity index (χ3n) is 3.32. The second kappa shape index (κ2) is 6.66. The Balaban J connectivity index is 1.81. The fraction of sp³-hybridized carbons (Fsp3) is 0.0588. The smallest absolute Gasteiger partial charge is 0.257 e. The molecule has 0 saturated heterocycles. The Bertz CT molecular complexity index is 814. The van der Waals surface area contributed by atoms with Crippen molar-refractivity contribution in [1.29, 1.82) is 0 Å². The third-order valence-corrected chi connectivity index (χ3v) is 4.00. The summed E-state index contributed by atoms with van der Waals surface area (Å²) in [5.74, 6) is -2.56. The van der Waals surface area contributed by atoms with Crippen molar-refractivity contribution in [3.05, 3.63) is 76.1 Å². The number of halogens is 2. The zero-order valence-electron chi connectivity index (χ0n) is 11.9. The standard InChI is InChI=1S/C17H12F2N2OS/c18-13-4-1-5-14(19)15(13)17(22)21-9-11-3-2-7-20-16(11)12-6-8-23-10-12/h1-8,10H,9H2,(H,21,22). The minimum atomic E-state index is -0.883. The summed E-state index contributed by atoms with van der Waals surface area (Å²) in [4.78, 5) is 16.4. The Hall–Kier alpha value is -2.60. The molecule has 0 aliphatic rings. The van der Waals surface area contributed by atoms with E-state index < -0.39 is 23.1 Å². The highest BCUT2D eigenvalue weighted by Crippen LogP contribution is 2.23. The second-order valence-electron chi connectivity index (χ2n) is 4.80. The highest BCUT2D eigenvalue weighted by Gasteiger charge is 2.17. The van der Waals surface area contributed by atoms with E-state index in [1.54, 1.807) is 23.6 Å². The number of pyridine rings is 1. The molecule has 0 unspecified atom stereocenters. The first kappa shape index (κ1) is 15.3. The molecule has 1 amide bonds. The topological polar surface area (TPSA) is 42.0 Å². The number of thiophene rings is 1. The highest BCUT2D eigenvalue weighted by molar-refractivity contribution is 7.08. The van der Waals surface area contributed by atoms with E-state index in [0.717, 1.165) is 29.0 Å². The summed E-state index contributed by atoms with van der Waals surface area (Å²) in [5.41, 5.74) is 1.88. The molecule has 3 aromatic rings. The van der Waals surface area contributed by atoms with Crippen LogP contribution in [0.25, 0.3) is 11.3 Å². The van der Waals surface area contributed by atoms with Crippen molar-refractivity contribution in [2.45, 2.75) is 6.54 Å². The van der Waals surface area contributed by atoms with Crippen LogP contribution in [0.2, 0.25) is 0 Å². The van der Waals surface area contributed by atoms with Crippen molar-refractivity contribution in [1.82, 2.24) is 10.3 Å². The summed E-state index contributed by atoms with van der Waals surface area (Å²) in [6.07, 6.45) is 1.66. The van der Waals surface area contributed by atoms with Gasteiger partial charge in [-0.1, -0.05) is 12.1 Å². The number of amides is 1. The van der Waals surface area contributed by atoms with Crippen LogP contribution in [-0.2, 0) is 6.54 Å². The van der Waals surface area contributed by atoms with E-state index >= 15 is 0 Å². The molecule has 1 N–H and O–H groups in total. The van der Waals surface area contributed by atoms with Gasteiger partial charge in [0.15, 0.2) is 0 Å². The Kier molecular flexibility index (Phi) is 4.43. The van der Waals surface area contributed by atoms with Gasteiger partial charge in [-0.3, -0.25) is 9.78 Å². The summed E-state index contributed by atoms with van der Waals surface area (Å²) in [7, 11) is 0. The number of rotatable bonds is 4. The van der Waals surface area contributed by atoms with E-state index in [4.69, 9.17) is 0 Å². The molecule has 2 aromatic heterocycles. The van der Waals surface area contributed by atoms with Crippen molar-refractivity contribution in [2.24, 2.45) is 0 Å². The second-order valence-corrected chi connectivity index (χ2v) is 5.58. The van der Waals surface area contributed by atoms with Crippen LogP contribution in [0.3, 0.4) is 0 Å². The highest BCUT2D eigenvalue weighted by atomic mass is 32.1. The van der Waals surface area contributed by atoms with Crippen LogP contribution in [0.1, 0.15) is 15.9 Å². The molecule has 0 radical (unpaired) electrons. The largest absolute Gasteiger partial charge is 0.348 e. The quantitative estimate of drug-likeness (QED) is 0.785. The summed E-state index contributed by atoms with van der Waals surface area (Å²) in [6.45, 7) is 0.131. The van der Waals surface area contributed by atoms with Crippen molar-refractivity contribution >= 4 is 17.2 Å². The predicted octanol–water partition coefficient (Wildman–Crippen LogP) is 4.02. The molecule has 3 rings (SSSR count). The number of nitrogens with zero attached hydrogens (tertiary/aromatic N) is 1. The van der Waals surface area contributed by atoms with Crippen LogP contribution in [0.5, 0.6) is 0 Å². The minimum Gasteiger partial charge on any atom is -0.348 e. The van der Waals surface area contributed by atoms with Gasteiger partial charge in [-0.05, 0) is 35.2 Å². The van der Waals surface area contributed by atoms with Crippen molar-refractivity contribution in [3.8, 4) is 11.3 Å². The fourth-order valence-electron chi connectivity index (χ4n) is 2.22. The van der Waals surface area contributed by atoms with Gasteiger partial charge in [0.1, 0.15) is 17.2 Å². The monoisotopic (exact) mass is 330 g/mol. The lowest BCUT2D eigenvalue weighted by atomic mass is 10.1. The Morgan fingerprint density at radius 2 is 1.91 bits per heavy atom. The lowest BCUT2D eigenvalue weighted by molar-refractivity contribution is 0.0942. The number of hydrogen-bond donors (Lipinski definition) is 1. The van der Waals surface area contributed by atoms with Crippen molar-refractivity contribution < 1.29 is 13.6 Å². The molecule has 0 fully saturated rings. The molecular formula is C17H12F2N2OS. The molecule has 23 heavy (non-hydrogen) atoms. The number of carbonyl (C=O) groups is 1. The number of aromatic nitrogens is 1. The Labute approximate surface area is 135 Å². The molecule has 0 spiro atoms. The van der Waals surface area contributed by atoms with Gasteiger partial charge >= 0.3 is 0 Å². The normalized spacial score (nSPS) is 10.5. The first-order valence-electron chi connectivity index (χ1n) is 6.85. The first-order chi connectivity index (χ1) is 11.2. The molecule has 6 heteroatoms. The predicted molar refractivity (Wildman–Crippen MR) is 85.1 cm³/mol. The molecule has 116 valence electrons. The zero-order chi connectivity index (χ0) is 16.2. The number of benzene rings is 1. The number of carbonyl (C=O) groups excluding carboxylic acids is 1. The van der Waals surface area contributed by atoms with E-state index in [1.807, 2.05) is 22.9 Å². The van der Waals surface area contributed by atoms with Crippen molar-refractivity contribution in [3.63, 3.8) is 0 Å². The lowest BCUT2D eigenvalue weighted by Gasteiger charge is -2.10. The average molecular weight is 330 g/mol. The van der Waals surface area contributed by atoms with Crippen LogP contribution in [0, 0.1) is 11.6 Å². The van der Waals surface area contributed by atoms with Crippen molar-refractivity contribution in [2.75, 3.05) is 0 Å². The molecular weight excluding hydrogens is 318 g/mol. The maximum Gasteiger partial charge on any atom is 0.257 e. The summed E-state index contributed by atoms with van der Waals surface area (Å²) in [5, 5.41) is 6.42. The van der Waals surface area contributed by atoms with E-state index in [1.165, 1.54) is 6.07 Å². The summed E-state index contributed by atoms with van der Waals surface area (Å²) >= 11 is 1.54. The SMILES string of the molecule is O=C(NCc1cccnc1-c1ccsc1)c1c(F)cccc1F. The van der Waals surface area contributed by atoms with Gasteiger partial charge in [-0.15, -0.1) is 0 Å². The van der Waals surface area contributed by atoms with Crippen LogP contribution in [0.15, 0.2) is 53.4 Å². The van der Waals surface area contributed by atoms with Crippen LogP contribution in [-0.4, -0.2) is 10.9 Å².